The predicted molar refractivity (Wildman–Crippen MR) is 74.6 cm³/mol. The monoisotopic (exact) mass is 248 g/mol. The van der Waals surface area contributed by atoms with E-state index in [1.54, 1.807) is 19.3 Å². The fourth-order valence-corrected chi connectivity index (χ4v) is 4.91. The summed E-state index contributed by atoms with van der Waals surface area (Å²) >= 11 is 0. The zero-order valence-electron chi connectivity index (χ0n) is 11.6. The van der Waals surface area contributed by atoms with Gasteiger partial charge in [0.1, 0.15) is 0 Å². The van der Waals surface area contributed by atoms with E-state index in [0.717, 1.165) is 29.8 Å². The van der Waals surface area contributed by atoms with Gasteiger partial charge in [-0.3, -0.25) is 4.90 Å². The minimum absolute atomic E-state index is 0.833. The Morgan fingerprint density at radius 1 is 0.778 bits per heavy atom. The van der Waals surface area contributed by atoms with Crippen LogP contribution in [0.2, 0.25) is 0 Å². The number of nitrogens with one attached hydrogen (secondary N) is 1. The van der Waals surface area contributed by atoms with Crippen molar-refractivity contribution in [1.82, 2.24) is 10.2 Å². The summed E-state index contributed by atoms with van der Waals surface area (Å²) in [5.41, 5.74) is 0. The quantitative estimate of drug-likeness (QED) is 0.808. The summed E-state index contributed by atoms with van der Waals surface area (Å²) in [5.74, 6) is 3.20. The number of hydrogen-bond acceptors (Lipinski definition) is 2. The van der Waals surface area contributed by atoms with Gasteiger partial charge in [-0.25, -0.2) is 0 Å². The lowest BCUT2D eigenvalue weighted by atomic mass is 9.82. The molecule has 0 spiro atoms. The second-order valence-electron chi connectivity index (χ2n) is 7.33. The summed E-state index contributed by atoms with van der Waals surface area (Å²) in [6.07, 6.45) is 12.0. The van der Waals surface area contributed by atoms with Crippen molar-refractivity contribution in [3.8, 4) is 0 Å². The predicted octanol–water partition coefficient (Wildman–Crippen LogP) is 2.64. The molecule has 4 rings (SSSR count). The van der Waals surface area contributed by atoms with Crippen molar-refractivity contribution in [2.24, 2.45) is 17.8 Å². The molecule has 2 saturated heterocycles. The first kappa shape index (κ1) is 11.7. The van der Waals surface area contributed by atoms with Gasteiger partial charge in [-0.05, 0) is 62.8 Å². The average Bonchev–Trinajstić information content (AvgIpc) is 3.18. The number of piperidine rings is 1. The number of likely N-dealkylation sites (tertiary alicyclic amines) is 1. The SMILES string of the molecule is C1CC(C2CC2)CC(N2C[C@@H]3CCCN[C@@H]3C2)C1. The number of nitrogens with zero attached hydrogens (tertiary/aromatic N) is 1. The Kier molecular flexibility index (Phi) is 3.12. The Hall–Kier alpha value is -0.0800. The summed E-state index contributed by atoms with van der Waals surface area (Å²) in [6, 6.07) is 1.77. The van der Waals surface area contributed by atoms with Crippen LogP contribution in [-0.2, 0) is 0 Å². The number of fused-ring (bicyclic) bond motifs is 1. The lowest BCUT2D eigenvalue weighted by Gasteiger charge is -2.35. The summed E-state index contributed by atoms with van der Waals surface area (Å²) in [5, 5.41) is 3.75. The van der Waals surface area contributed by atoms with Crippen molar-refractivity contribution in [3.63, 3.8) is 0 Å². The molecular weight excluding hydrogens is 220 g/mol. The maximum Gasteiger partial charge on any atom is 0.0235 e. The second-order valence-corrected chi connectivity index (χ2v) is 7.33. The molecule has 2 unspecified atom stereocenters. The lowest BCUT2D eigenvalue weighted by molar-refractivity contribution is 0.142. The van der Waals surface area contributed by atoms with Crippen molar-refractivity contribution in [1.29, 1.82) is 0 Å². The summed E-state index contributed by atoms with van der Waals surface area (Å²) < 4.78 is 0. The first-order valence-corrected chi connectivity index (χ1v) is 8.37. The van der Waals surface area contributed by atoms with Crippen LogP contribution in [-0.4, -0.2) is 36.6 Å². The molecule has 1 N–H and O–H groups in total. The van der Waals surface area contributed by atoms with Gasteiger partial charge in [-0.15, -0.1) is 0 Å². The van der Waals surface area contributed by atoms with E-state index >= 15 is 0 Å². The molecule has 2 heterocycles. The van der Waals surface area contributed by atoms with Gasteiger partial charge in [0, 0.05) is 25.2 Å². The van der Waals surface area contributed by atoms with E-state index in [2.05, 4.69) is 10.2 Å². The largest absolute Gasteiger partial charge is 0.312 e. The zero-order valence-corrected chi connectivity index (χ0v) is 11.6. The maximum absolute atomic E-state index is 3.75. The molecule has 18 heavy (non-hydrogen) atoms. The molecule has 4 fully saturated rings. The van der Waals surface area contributed by atoms with Crippen LogP contribution >= 0.6 is 0 Å². The maximum atomic E-state index is 3.75. The van der Waals surface area contributed by atoms with Gasteiger partial charge in [0.05, 0.1) is 0 Å². The molecule has 2 aliphatic carbocycles. The molecule has 0 aromatic rings. The lowest BCUT2D eigenvalue weighted by Crippen LogP contribution is -2.42. The minimum atomic E-state index is 0.833. The average molecular weight is 248 g/mol. The number of rotatable bonds is 2. The van der Waals surface area contributed by atoms with E-state index in [9.17, 15) is 0 Å². The Morgan fingerprint density at radius 2 is 1.67 bits per heavy atom. The Balaban J connectivity index is 1.37. The molecule has 0 aromatic carbocycles. The minimum Gasteiger partial charge on any atom is -0.312 e. The van der Waals surface area contributed by atoms with E-state index in [1.807, 2.05) is 0 Å². The van der Waals surface area contributed by atoms with Gasteiger partial charge in [0.2, 0.25) is 0 Å². The van der Waals surface area contributed by atoms with E-state index < -0.39 is 0 Å². The van der Waals surface area contributed by atoms with Crippen molar-refractivity contribution in [2.75, 3.05) is 19.6 Å². The molecule has 4 aliphatic rings. The highest BCUT2D eigenvalue weighted by molar-refractivity contribution is 4.96. The summed E-state index contributed by atoms with van der Waals surface area (Å²) in [7, 11) is 0. The van der Waals surface area contributed by atoms with Crippen molar-refractivity contribution in [3.05, 3.63) is 0 Å². The van der Waals surface area contributed by atoms with Gasteiger partial charge in [-0.1, -0.05) is 12.8 Å². The normalized spacial score (nSPS) is 46.0. The molecule has 0 aromatic heterocycles. The highest BCUT2D eigenvalue weighted by Crippen LogP contribution is 2.45. The topological polar surface area (TPSA) is 15.3 Å². The Morgan fingerprint density at radius 3 is 2.50 bits per heavy atom. The molecule has 2 heteroatoms. The Labute approximate surface area is 111 Å². The molecule has 2 saturated carbocycles. The third-order valence-electron chi connectivity index (χ3n) is 6.12. The van der Waals surface area contributed by atoms with Crippen LogP contribution in [0.15, 0.2) is 0 Å². The Bertz CT molecular complexity index is 285. The molecular formula is C16H28N2. The van der Waals surface area contributed by atoms with Gasteiger partial charge >= 0.3 is 0 Å². The third-order valence-corrected chi connectivity index (χ3v) is 6.12. The first-order valence-electron chi connectivity index (χ1n) is 8.37. The van der Waals surface area contributed by atoms with Crippen LogP contribution < -0.4 is 5.32 Å². The van der Waals surface area contributed by atoms with E-state index in [4.69, 9.17) is 0 Å². The van der Waals surface area contributed by atoms with Gasteiger partial charge in [0.15, 0.2) is 0 Å². The number of hydrogen-bond donors (Lipinski definition) is 1. The third kappa shape index (κ3) is 2.22. The highest BCUT2D eigenvalue weighted by Gasteiger charge is 2.41. The van der Waals surface area contributed by atoms with Gasteiger partial charge in [0.25, 0.3) is 0 Å². The van der Waals surface area contributed by atoms with E-state index in [-0.39, 0.29) is 0 Å². The second kappa shape index (κ2) is 4.79. The van der Waals surface area contributed by atoms with Gasteiger partial charge in [-0.2, -0.15) is 0 Å². The van der Waals surface area contributed by atoms with Crippen LogP contribution in [0, 0.1) is 17.8 Å². The van der Waals surface area contributed by atoms with E-state index in [1.165, 1.54) is 51.7 Å². The van der Waals surface area contributed by atoms with Crippen LogP contribution in [0.3, 0.4) is 0 Å². The molecule has 4 atom stereocenters. The zero-order chi connectivity index (χ0) is 11.9. The molecule has 2 nitrogen and oxygen atoms in total. The molecule has 0 amide bonds. The van der Waals surface area contributed by atoms with Crippen LogP contribution in [0.25, 0.3) is 0 Å². The fraction of sp³-hybridized carbons (Fsp3) is 1.00. The van der Waals surface area contributed by atoms with Crippen LogP contribution in [0.5, 0.6) is 0 Å². The van der Waals surface area contributed by atoms with Crippen molar-refractivity contribution < 1.29 is 0 Å². The molecule has 0 radical (unpaired) electrons. The molecule has 2 aliphatic heterocycles. The summed E-state index contributed by atoms with van der Waals surface area (Å²) in [6.45, 7) is 4.02. The first-order chi connectivity index (χ1) is 8.90. The molecule has 102 valence electrons. The van der Waals surface area contributed by atoms with Crippen molar-refractivity contribution >= 4 is 0 Å². The van der Waals surface area contributed by atoms with Gasteiger partial charge < -0.3 is 5.32 Å². The fourth-order valence-electron chi connectivity index (χ4n) is 4.91. The van der Waals surface area contributed by atoms with Crippen molar-refractivity contribution in [2.45, 2.75) is 63.5 Å². The van der Waals surface area contributed by atoms with E-state index in [0.29, 0.717) is 0 Å². The van der Waals surface area contributed by atoms with Crippen LogP contribution in [0.1, 0.15) is 51.4 Å². The summed E-state index contributed by atoms with van der Waals surface area (Å²) in [4.78, 5) is 2.86. The molecule has 0 bridgehead atoms. The smallest absolute Gasteiger partial charge is 0.0235 e. The highest BCUT2D eigenvalue weighted by atomic mass is 15.2. The van der Waals surface area contributed by atoms with Crippen LogP contribution in [0.4, 0.5) is 0 Å². The standard InChI is InChI=1S/C16H28N2/c1-3-13(12-6-7-12)9-15(5-1)18-10-14-4-2-8-17-16(14)11-18/h12-17H,1-11H2/t13?,14-,15?,16+/m0/s1.